The second-order valence-corrected chi connectivity index (χ2v) is 10.7. The Morgan fingerprint density at radius 2 is 1.91 bits per heavy atom. The number of thiazole rings is 1. The number of amides is 1. The fraction of sp³-hybridized carbons (Fsp3) is 0.417. The second-order valence-electron chi connectivity index (χ2n) is 7.60. The molecule has 1 fully saturated rings. The summed E-state index contributed by atoms with van der Waals surface area (Å²) < 4.78 is 11.8. The summed E-state index contributed by atoms with van der Waals surface area (Å²) in [6, 6.07) is 14.2. The molecule has 184 valence electrons. The van der Waals surface area contributed by atoms with E-state index in [0.717, 1.165) is 64.6 Å². The molecule has 0 unspecified atom stereocenters. The maximum absolute atomic E-state index is 13.3. The highest BCUT2D eigenvalue weighted by molar-refractivity contribution is 7.99. The topological polar surface area (TPSA) is 54.9 Å². The minimum atomic E-state index is 0. The Morgan fingerprint density at radius 1 is 1.18 bits per heavy atom. The first-order valence-electron chi connectivity index (χ1n) is 11.0. The Hall–Kier alpha value is -1.49. The molecule has 3 aromatic rings. The maximum atomic E-state index is 13.3. The van der Waals surface area contributed by atoms with E-state index in [1.54, 1.807) is 42.0 Å². The lowest BCUT2D eigenvalue weighted by atomic mass is 10.3. The van der Waals surface area contributed by atoms with Crippen LogP contribution in [0.2, 0.25) is 0 Å². The van der Waals surface area contributed by atoms with Crippen LogP contribution in [0.3, 0.4) is 0 Å². The molecule has 0 aliphatic carbocycles. The predicted molar refractivity (Wildman–Crippen MR) is 147 cm³/mol. The van der Waals surface area contributed by atoms with Crippen LogP contribution in [0, 0.1) is 0 Å². The van der Waals surface area contributed by atoms with Crippen LogP contribution in [0.15, 0.2) is 52.3 Å². The predicted octanol–water partition coefficient (Wildman–Crippen LogP) is 5.30. The number of rotatable bonds is 10. The van der Waals surface area contributed by atoms with Crippen molar-refractivity contribution >= 4 is 68.5 Å². The average Bonchev–Trinajstić information content (AvgIpc) is 3.28. The molecule has 0 spiro atoms. The normalized spacial score (nSPS) is 14.1. The van der Waals surface area contributed by atoms with Crippen LogP contribution < -0.4 is 9.64 Å². The number of thioether (sulfide) groups is 2. The Balaban J connectivity index is 0.00000324. The zero-order valence-electron chi connectivity index (χ0n) is 19.4. The Labute approximate surface area is 219 Å². The zero-order chi connectivity index (χ0) is 23.0. The number of carbonyl (C=O) groups is 1. The van der Waals surface area contributed by atoms with Gasteiger partial charge in [-0.25, -0.2) is 4.98 Å². The molecule has 4 rings (SSSR count). The minimum absolute atomic E-state index is 0. The van der Waals surface area contributed by atoms with Crippen molar-refractivity contribution in [2.24, 2.45) is 0 Å². The Kier molecular flexibility index (Phi) is 10.8. The van der Waals surface area contributed by atoms with Crippen LogP contribution in [-0.2, 0) is 9.53 Å². The van der Waals surface area contributed by atoms with Crippen molar-refractivity contribution in [3.63, 3.8) is 0 Å². The molecule has 34 heavy (non-hydrogen) atoms. The van der Waals surface area contributed by atoms with E-state index in [-0.39, 0.29) is 18.3 Å². The number of fused-ring (bicyclic) bond motifs is 1. The van der Waals surface area contributed by atoms with E-state index in [2.05, 4.69) is 23.3 Å². The van der Waals surface area contributed by atoms with Crippen LogP contribution >= 0.6 is 47.3 Å². The van der Waals surface area contributed by atoms with Crippen molar-refractivity contribution in [3.8, 4) is 5.75 Å². The number of nitrogens with zero attached hydrogens (tertiary/aromatic N) is 3. The smallest absolute Gasteiger partial charge is 0.229 e. The van der Waals surface area contributed by atoms with Gasteiger partial charge in [0.1, 0.15) is 5.75 Å². The van der Waals surface area contributed by atoms with Crippen molar-refractivity contribution in [2.45, 2.75) is 16.2 Å². The number of benzene rings is 2. The van der Waals surface area contributed by atoms with E-state index in [1.165, 1.54) is 4.90 Å². The number of hydrogen-bond donors (Lipinski definition) is 0. The summed E-state index contributed by atoms with van der Waals surface area (Å²) >= 11 is 5.00. The van der Waals surface area contributed by atoms with Gasteiger partial charge in [-0.05, 0) is 48.7 Å². The number of methoxy groups -OCH3 is 1. The van der Waals surface area contributed by atoms with Gasteiger partial charge in [-0.3, -0.25) is 14.6 Å². The van der Waals surface area contributed by atoms with Crippen LogP contribution in [-0.4, -0.2) is 74.3 Å². The van der Waals surface area contributed by atoms with Gasteiger partial charge in [-0.2, -0.15) is 0 Å². The van der Waals surface area contributed by atoms with E-state index in [0.29, 0.717) is 13.0 Å². The summed E-state index contributed by atoms with van der Waals surface area (Å²) in [6.45, 7) is 4.79. The molecule has 1 aliphatic rings. The van der Waals surface area contributed by atoms with E-state index >= 15 is 0 Å². The van der Waals surface area contributed by atoms with Gasteiger partial charge in [-0.1, -0.05) is 11.3 Å². The number of halogens is 1. The largest absolute Gasteiger partial charge is 0.497 e. The average molecular weight is 540 g/mol. The van der Waals surface area contributed by atoms with Crippen molar-refractivity contribution < 1.29 is 14.3 Å². The number of anilines is 1. The zero-order valence-corrected chi connectivity index (χ0v) is 22.7. The van der Waals surface area contributed by atoms with Gasteiger partial charge in [0, 0.05) is 48.1 Å². The van der Waals surface area contributed by atoms with Crippen molar-refractivity contribution in [2.75, 3.05) is 63.4 Å². The number of hydrogen-bond acceptors (Lipinski definition) is 8. The highest BCUT2D eigenvalue weighted by atomic mass is 35.5. The van der Waals surface area contributed by atoms with E-state index < -0.39 is 0 Å². The van der Waals surface area contributed by atoms with E-state index in [4.69, 9.17) is 14.5 Å². The summed E-state index contributed by atoms with van der Waals surface area (Å²) in [5, 5.41) is 0.788. The molecule has 6 nitrogen and oxygen atoms in total. The number of aromatic nitrogens is 1. The molecule has 1 aromatic heterocycles. The van der Waals surface area contributed by atoms with Gasteiger partial charge in [0.05, 0.1) is 30.5 Å². The molecule has 0 bridgehead atoms. The minimum Gasteiger partial charge on any atom is -0.497 e. The molecule has 2 aromatic carbocycles. The van der Waals surface area contributed by atoms with E-state index in [1.807, 2.05) is 35.2 Å². The first-order valence-corrected chi connectivity index (χ1v) is 14.0. The molecule has 0 N–H and O–H groups in total. The molecular weight excluding hydrogens is 510 g/mol. The number of carbonyl (C=O) groups excluding carboxylic acids is 1. The summed E-state index contributed by atoms with van der Waals surface area (Å²) in [5.41, 5.74) is 0.949. The SMILES string of the molecule is COc1ccc(SCCC(=O)N(CCN2CCOCC2)c2nc3ccc(SC)cc3s2)cc1.Cl. The van der Waals surface area contributed by atoms with Crippen LogP contribution in [0.25, 0.3) is 10.2 Å². The van der Waals surface area contributed by atoms with Gasteiger partial charge in [0.15, 0.2) is 5.13 Å². The Morgan fingerprint density at radius 3 is 2.62 bits per heavy atom. The summed E-state index contributed by atoms with van der Waals surface area (Å²) in [6.07, 6.45) is 2.54. The van der Waals surface area contributed by atoms with Gasteiger partial charge in [0.25, 0.3) is 0 Å². The molecule has 1 aliphatic heterocycles. The highest BCUT2D eigenvalue weighted by Crippen LogP contribution is 2.32. The third-order valence-corrected chi connectivity index (χ3v) is 8.28. The van der Waals surface area contributed by atoms with Crippen LogP contribution in [0.5, 0.6) is 5.75 Å². The maximum Gasteiger partial charge on any atom is 0.229 e. The summed E-state index contributed by atoms with van der Waals surface area (Å²) in [5.74, 6) is 1.68. The third-order valence-electron chi connectivity index (χ3n) is 5.50. The summed E-state index contributed by atoms with van der Waals surface area (Å²) in [4.78, 5) is 24.7. The fourth-order valence-electron chi connectivity index (χ4n) is 3.59. The standard InChI is InChI=1S/C24H29N3O3S3.ClH/c1-29-18-3-5-19(6-4-18)32-16-9-23(28)27(11-10-26-12-14-30-15-13-26)24-25-21-8-7-20(31-2)17-22(21)33-24;/h3-8,17H,9-16H2,1-2H3;1H. The molecule has 0 atom stereocenters. The Bertz CT molecular complexity index is 1060. The molecule has 1 saturated heterocycles. The molecule has 0 radical (unpaired) electrons. The van der Waals surface area contributed by atoms with Gasteiger partial charge < -0.3 is 9.47 Å². The third kappa shape index (κ3) is 7.26. The first kappa shape index (κ1) is 27.1. The monoisotopic (exact) mass is 539 g/mol. The second kappa shape index (κ2) is 13.6. The van der Waals surface area contributed by atoms with Gasteiger partial charge >= 0.3 is 0 Å². The molecule has 0 saturated carbocycles. The fourth-order valence-corrected chi connectivity index (χ4v) is 5.99. The van der Waals surface area contributed by atoms with Crippen molar-refractivity contribution in [1.29, 1.82) is 0 Å². The first-order chi connectivity index (χ1) is 16.2. The number of ether oxygens (including phenoxy) is 2. The lowest BCUT2D eigenvalue weighted by Crippen LogP contribution is -2.43. The summed E-state index contributed by atoms with van der Waals surface area (Å²) in [7, 11) is 1.66. The van der Waals surface area contributed by atoms with Crippen LogP contribution in [0.1, 0.15) is 6.42 Å². The van der Waals surface area contributed by atoms with Crippen LogP contribution in [0.4, 0.5) is 5.13 Å². The van der Waals surface area contributed by atoms with Gasteiger partial charge in [-0.15, -0.1) is 35.9 Å². The molecule has 2 heterocycles. The molecule has 10 heteroatoms. The lowest BCUT2D eigenvalue weighted by Gasteiger charge is -2.29. The van der Waals surface area contributed by atoms with Gasteiger partial charge in [0.2, 0.25) is 5.91 Å². The number of morpholine rings is 1. The van der Waals surface area contributed by atoms with Crippen molar-refractivity contribution in [3.05, 3.63) is 42.5 Å². The van der Waals surface area contributed by atoms with E-state index in [9.17, 15) is 4.79 Å². The molecule has 1 amide bonds. The lowest BCUT2D eigenvalue weighted by molar-refractivity contribution is -0.118. The highest BCUT2D eigenvalue weighted by Gasteiger charge is 2.21. The molecular formula is C24H30ClN3O3S3. The quantitative estimate of drug-likeness (QED) is 0.324. The van der Waals surface area contributed by atoms with Crippen molar-refractivity contribution in [1.82, 2.24) is 9.88 Å².